The van der Waals surface area contributed by atoms with Gasteiger partial charge in [-0.1, -0.05) is 6.92 Å². The minimum Gasteiger partial charge on any atom is -0.472 e. The van der Waals surface area contributed by atoms with E-state index in [0.29, 0.717) is 35.3 Å². The number of nitrogens with zero attached hydrogens (tertiary/aromatic N) is 1. The monoisotopic (exact) mass is 347 g/mol. The zero-order valence-electron chi connectivity index (χ0n) is 17.3. The Morgan fingerprint density at radius 3 is 3.17 bits per heavy atom. The van der Waals surface area contributed by atoms with E-state index in [4.69, 9.17) is 8.85 Å². The first-order chi connectivity index (χ1) is 12.9. The van der Waals surface area contributed by atoms with Gasteiger partial charge in [-0.2, -0.15) is 0 Å². The lowest BCUT2D eigenvalue weighted by Gasteiger charge is -2.32. The maximum Gasteiger partial charge on any atom is 0.192 e. The fourth-order valence-electron chi connectivity index (χ4n) is 5.27. The fourth-order valence-corrected chi connectivity index (χ4v) is 6.62. The van der Waals surface area contributed by atoms with Crippen LogP contribution in [0, 0.1) is 11.8 Å². The summed E-state index contributed by atoms with van der Waals surface area (Å²) in [4.78, 5) is 6.14. The lowest BCUT2D eigenvalue weighted by molar-refractivity contribution is 0.128. The molecule has 24 heavy (non-hydrogen) atoms. The van der Waals surface area contributed by atoms with Crippen LogP contribution in [0.1, 0.15) is 62.8 Å². The molecule has 0 radical (unpaired) electrons. The molecule has 1 saturated heterocycles. The Morgan fingerprint density at radius 2 is 2.25 bits per heavy atom. The molecule has 1 N–H and O–H groups in total. The number of hydrogen-bond acceptors (Lipinski definition) is 4. The fraction of sp³-hybridized carbons (Fsp3) is 0.750. The van der Waals surface area contributed by atoms with Gasteiger partial charge in [-0.3, -0.25) is 4.99 Å². The van der Waals surface area contributed by atoms with Crippen molar-refractivity contribution >= 4 is 17.5 Å². The number of fused-ring (bicyclic) bond motifs is 3. The molecule has 130 valence electrons. The molecule has 4 aliphatic heterocycles. The van der Waals surface area contributed by atoms with E-state index in [1.54, 1.807) is 10.5 Å². The molecule has 1 fully saturated rings. The number of hydrogen-bond donors (Lipinski definition) is 1. The van der Waals surface area contributed by atoms with Gasteiger partial charge in [0, 0.05) is 39.5 Å². The highest BCUT2D eigenvalue weighted by molar-refractivity contribution is 8.03. The summed E-state index contributed by atoms with van der Waals surface area (Å²) in [7, 11) is 0. The van der Waals surface area contributed by atoms with Crippen molar-refractivity contribution in [1.82, 2.24) is 5.32 Å². The minimum atomic E-state index is -2.08. The van der Waals surface area contributed by atoms with Gasteiger partial charge in [0.15, 0.2) is 6.23 Å². The average Bonchev–Trinajstić information content (AvgIpc) is 3.18. The Kier molecular flexibility index (Phi) is 3.10. The van der Waals surface area contributed by atoms with Crippen LogP contribution >= 0.6 is 11.8 Å². The zero-order valence-corrected chi connectivity index (χ0v) is 15.1. The van der Waals surface area contributed by atoms with E-state index in [1.807, 2.05) is 0 Å². The lowest BCUT2D eigenvalue weighted by atomic mass is 9.76. The van der Waals surface area contributed by atoms with E-state index < -0.39 is 6.85 Å². The summed E-state index contributed by atoms with van der Waals surface area (Å²) in [5.74, 6) is 1.96. The predicted molar refractivity (Wildman–Crippen MR) is 100 cm³/mol. The van der Waals surface area contributed by atoms with Gasteiger partial charge in [-0.05, 0) is 67.8 Å². The van der Waals surface area contributed by atoms with Crippen LogP contribution in [0.25, 0.3) is 0 Å². The van der Waals surface area contributed by atoms with Crippen molar-refractivity contribution in [1.29, 1.82) is 0 Å². The van der Waals surface area contributed by atoms with Crippen LogP contribution in [0.15, 0.2) is 26.8 Å². The van der Waals surface area contributed by atoms with E-state index >= 15 is 0 Å². The third-order valence-electron chi connectivity index (χ3n) is 6.39. The molecule has 0 aromatic rings. The van der Waals surface area contributed by atoms with Crippen molar-refractivity contribution in [3.05, 3.63) is 21.8 Å². The molecule has 4 unspecified atom stereocenters. The van der Waals surface area contributed by atoms with Crippen LogP contribution in [0.5, 0.6) is 0 Å². The Balaban J connectivity index is 1.41. The van der Waals surface area contributed by atoms with Crippen molar-refractivity contribution in [3.8, 4) is 0 Å². The number of nitrogens with one attached hydrogen (secondary N) is 1. The SMILES string of the molecule is [2H]C([2H])([2H])C1=NC2OC3=C(C4CC5=C(CN4)C[C@H](C)S5)CCCC3C2CC1. The van der Waals surface area contributed by atoms with Crippen molar-refractivity contribution in [2.45, 2.75) is 76.2 Å². The van der Waals surface area contributed by atoms with E-state index in [2.05, 4.69) is 29.0 Å². The van der Waals surface area contributed by atoms with Gasteiger partial charge in [-0.25, -0.2) is 0 Å². The van der Waals surface area contributed by atoms with Crippen LogP contribution in [-0.2, 0) is 4.74 Å². The first-order valence-electron chi connectivity index (χ1n) is 11.0. The second kappa shape index (κ2) is 5.91. The Labute approximate surface area is 153 Å². The van der Waals surface area contributed by atoms with Crippen LogP contribution in [-0.4, -0.2) is 29.8 Å². The van der Waals surface area contributed by atoms with Crippen LogP contribution in [0.4, 0.5) is 0 Å². The Hall–Kier alpha value is -0.740. The summed E-state index contributed by atoms with van der Waals surface area (Å²) in [6.45, 7) is 1.25. The number of aliphatic imine (C=N–C) groups is 1. The van der Waals surface area contributed by atoms with E-state index in [-0.39, 0.29) is 6.23 Å². The molecule has 0 amide bonds. The molecular weight excluding hydrogens is 316 g/mol. The largest absolute Gasteiger partial charge is 0.472 e. The van der Waals surface area contributed by atoms with E-state index in [0.717, 1.165) is 38.0 Å². The second-order valence-electron chi connectivity index (χ2n) is 7.97. The summed E-state index contributed by atoms with van der Waals surface area (Å²) in [6, 6.07) is 0.380. The summed E-state index contributed by atoms with van der Waals surface area (Å²) in [5, 5.41) is 4.49. The van der Waals surface area contributed by atoms with Gasteiger partial charge in [0.05, 0.1) is 0 Å². The van der Waals surface area contributed by atoms with E-state index in [9.17, 15) is 0 Å². The standard InChI is InChI=1S/C20H28N2OS/c1-11-6-7-15-14-4-3-5-16(19(14)23-20(15)22-11)17-9-18-13(10-21-17)8-12(2)24-18/h12,14-15,17,20-21H,3-10H2,1-2H3/t12-,14?,15?,17?,20?/m0/s1/i1D3. The molecule has 0 spiro atoms. The average molecular weight is 348 g/mol. The first kappa shape index (κ1) is 12.6. The van der Waals surface area contributed by atoms with Gasteiger partial charge in [0.25, 0.3) is 0 Å². The maximum absolute atomic E-state index is 7.68. The molecule has 0 saturated carbocycles. The minimum absolute atomic E-state index is 0.276. The lowest BCUT2D eigenvalue weighted by Crippen LogP contribution is -2.38. The zero-order chi connectivity index (χ0) is 18.8. The highest BCUT2D eigenvalue weighted by atomic mass is 32.2. The van der Waals surface area contributed by atoms with Gasteiger partial charge in [0.2, 0.25) is 0 Å². The number of thioether (sulfide) groups is 1. The third kappa shape index (κ3) is 2.48. The van der Waals surface area contributed by atoms with Gasteiger partial charge >= 0.3 is 0 Å². The summed E-state index contributed by atoms with van der Waals surface area (Å²) in [6.07, 6.45) is 6.99. The maximum atomic E-state index is 7.68. The van der Waals surface area contributed by atoms with Crippen molar-refractivity contribution in [2.75, 3.05) is 6.54 Å². The van der Waals surface area contributed by atoms with Crippen LogP contribution in [0.2, 0.25) is 0 Å². The molecule has 0 aromatic heterocycles. The quantitative estimate of drug-likeness (QED) is 0.763. The molecule has 5 aliphatic rings. The molecule has 4 heterocycles. The molecule has 5 atom stereocenters. The number of allylic oxidation sites excluding steroid dienone is 1. The molecule has 0 aromatic carbocycles. The highest BCUT2D eigenvalue weighted by Crippen LogP contribution is 2.50. The molecule has 5 rings (SSSR count). The molecular formula is C20H28N2OS. The smallest absolute Gasteiger partial charge is 0.192 e. The van der Waals surface area contributed by atoms with E-state index in [1.165, 1.54) is 18.4 Å². The molecule has 3 nitrogen and oxygen atoms in total. The molecule has 1 aliphatic carbocycles. The molecule has 4 heteroatoms. The van der Waals surface area contributed by atoms with Crippen molar-refractivity contribution in [3.63, 3.8) is 0 Å². The number of ether oxygens (including phenoxy) is 1. The number of rotatable bonds is 1. The van der Waals surface area contributed by atoms with Crippen molar-refractivity contribution < 1.29 is 8.85 Å². The van der Waals surface area contributed by atoms with Crippen molar-refractivity contribution in [2.24, 2.45) is 16.8 Å². The Morgan fingerprint density at radius 1 is 1.29 bits per heavy atom. The van der Waals surface area contributed by atoms with Gasteiger partial charge in [0.1, 0.15) is 5.76 Å². The summed E-state index contributed by atoms with van der Waals surface area (Å²) < 4.78 is 29.4. The van der Waals surface area contributed by atoms with Crippen LogP contribution < -0.4 is 5.32 Å². The van der Waals surface area contributed by atoms with Crippen LogP contribution in [0.3, 0.4) is 0 Å². The second-order valence-corrected chi connectivity index (χ2v) is 9.51. The third-order valence-corrected chi connectivity index (χ3v) is 7.70. The predicted octanol–water partition coefficient (Wildman–Crippen LogP) is 4.41. The topological polar surface area (TPSA) is 33.6 Å². The normalized spacial score (nSPS) is 44.0. The highest BCUT2D eigenvalue weighted by Gasteiger charge is 2.46. The van der Waals surface area contributed by atoms with Gasteiger partial charge < -0.3 is 10.1 Å². The molecule has 0 bridgehead atoms. The first-order valence-corrected chi connectivity index (χ1v) is 10.4. The Bertz CT molecular complexity index is 742. The summed E-state index contributed by atoms with van der Waals surface area (Å²) >= 11 is 2.06. The van der Waals surface area contributed by atoms with Gasteiger partial charge in [-0.15, -0.1) is 11.8 Å². The summed E-state index contributed by atoms with van der Waals surface area (Å²) in [5.41, 5.74) is 3.40.